The van der Waals surface area contributed by atoms with Crippen molar-refractivity contribution in [2.75, 3.05) is 58.9 Å². The van der Waals surface area contributed by atoms with Gasteiger partial charge in [0.2, 0.25) is 0 Å². The van der Waals surface area contributed by atoms with Crippen LogP contribution in [0.5, 0.6) is 0 Å². The van der Waals surface area contributed by atoms with Gasteiger partial charge < -0.3 is 15.5 Å². The van der Waals surface area contributed by atoms with Crippen LogP contribution in [0, 0.1) is 0 Å². The molecular weight excluding hydrogens is 346 g/mol. The van der Waals surface area contributed by atoms with Crippen molar-refractivity contribution < 1.29 is 0 Å². The normalized spacial score (nSPS) is 16.9. The van der Waals surface area contributed by atoms with Crippen LogP contribution in [0.4, 0.5) is 0 Å². The first kappa shape index (κ1) is 22.7. The van der Waals surface area contributed by atoms with Gasteiger partial charge in [-0.05, 0) is 31.9 Å². The van der Waals surface area contributed by atoms with Crippen LogP contribution in [-0.2, 0) is 5.41 Å². The van der Waals surface area contributed by atoms with Gasteiger partial charge in [-0.3, -0.25) is 9.89 Å². The standard InChI is InChI=1S/C23H41N5/c1-5-23(6-2,21-12-10-9-11-13-21)20-26-22(24-7-3)25-14-15-28-18-16-27(8-4)17-19-28/h9-13H,5-8,14-20H2,1-4H3,(H2,24,25,26). The van der Waals surface area contributed by atoms with Crippen molar-refractivity contribution in [3.8, 4) is 0 Å². The number of rotatable bonds is 10. The van der Waals surface area contributed by atoms with Crippen molar-refractivity contribution in [2.24, 2.45) is 4.99 Å². The van der Waals surface area contributed by atoms with E-state index >= 15 is 0 Å². The molecule has 1 heterocycles. The Morgan fingerprint density at radius 3 is 2.14 bits per heavy atom. The largest absolute Gasteiger partial charge is 0.357 e. The summed E-state index contributed by atoms with van der Waals surface area (Å²) in [6, 6.07) is 10.9. The van der Waals surface area contributed by atoms with Gasteiger partial charge in [-0.25, -0.2) is 0 Å². The molecule has 1 aliphatic rings. The molecule has 0 saturated carbocycles. The fourth-order valence-electron chi connectivity index (χ4n) is 4.00. The lowest BCUT2D eigenvalue weighted by Crippen LogP contribution is -2.49. The van der Waals surface area contributed by atoms with Crippen LogP contribution in [0.15, 0.2) is 35.3 Å². The van der Waals surface area contributed by atoms with Crippen molar-refractivity contribution in [1.82, 2.24) is 20.4 Å². The van der Waals surface area contributed by atoms with Crippen molar-refractivity contribution in [3.63, 3.8) is 0 Å². The summed E-state index contributed by atoms with van der Waals surface area (Å²) in [5, 5.41) is 6.97. The summed E-state index contributed by atoms with van der Waals surface area (Å²) in [6.45, 7) is 18.6. The molecule has 1 aromatic rings. The second-order valence-corrected chi connectivity index (χ2v) is 7.75. The Morgan fingerprint density at radius 1 is 0.929 bits per heavy atom. The van der Waals surface area contributed by atoms with E-state index in [1.165, 1.54) is 38.3 Å². The molecule has 2 rings (SSSR count). The molecule has 1 fully saturated rings. The highest BCUT2D eigenvalue weighted by Crippen LogP contribution is 2.31. The highest BCUT2D eigenvalue weighted by atomic mass is 15.3. The third kappa shape index (κ3) is 6.49. The van der Waals surface area contributed by atoms with Gasteiger partial charge >= 0.3 is 0 Å². The van der Waals surface area contributed by atoms with Crippen LogP contribution in [0.2, 0.25) is 0 Å². The van der Waals surface area contributed by atoms with Gasteiger partial charge in [0.25, 0.3) is 0 Å². The van der Waals surface area contributed by atoms with E-state index in [4.69, 9.17) is 4.99 Å². The van der Waals surface area contributed by atoms with E-state index in [2.05, 4.69) is 78.5 Å². The summed E-state index contributed by atoms with van der Waals surface area (Å²) in [6.07, 6.45) is 2.19. The molecule has 5 nitrogen and oxygen atoms in total. The van der Waals surface area contributed by atoms with Crippen LogP contribution >= 0.6 is 0 Å². The van der Waals surface area contributed by atoms with E-state index in [9.17, 15) is 0 Å². The lowest BCUT2D eigenvalue weighted by molar-refractivity contribution is 0.139. The van der Waals surface area contributed by atoms with Gasteiger partial charge in [0, 0.05) is 51.2 Å². The Bertz CT molecular complexity index is 560. The molecular formula is C23H41N5. The van der Waals surface area contributed by atoms with Crippen molar-refractivity contribution in [2.45, 2.75) is 46.0 Å². The van der Waals surface area contributed by atoms with Crippen LogP contribution in [-0.4, -0.2) is 74.7 Å². The van der Waals surface area contributed by atoms with Gasteiger partial charge in [0.05, 0.1) is 6.54 Å². The number of nitrogens with zero attached hydrogens (tertiary/aromatic N) is 3. The molecule has 0 amide bonds. The summed E-state index contributed by atoms with van der Waals surface area (Å²) >= 11 is 0. The highest BCUT2D eigenvalue weighted by Gasteiger charge is 2.28. The zero-order valence-electron chi connectivity index (χ0n) is 18.5. The maximum atomic E-state index is 4.98. The second kappa shape index (κ2) is 12.1. The summed E-state index contributed by atoms with van der Waals surface area (Å²) in [5.74, 6) is 0.942. The molecule has 1 aliphatic heterocycles. The maximum absolute atomic E-state index is 4.98. The molecule has 0 bridgehead atoms. The Hall–Kier alpha value is -1.59. The summed E-state index contributed by atoms with van der Waals surface area (Å²) in [7, 11) is 0. The maximum Gasteiger partial charge on any atom is 0.191 e. The van der Waals surface area contributed by atoms with E-state index in [-0.39, 0.29) is 5.41 Å². The third-order valence-corrected chi connectivity index (χ3v) is 6.26. The number of likely N-dealkylation sites (N-methyl/N-ethyl adjacent to an activating group) is 1. The molecule has 1 saturated heterocycles. The number of benzene rings is 1. The minimum absolute atomic E-state index is 0.111. The predicted molar refractivity (Wildman–Crippen MR) is 121 cm³/mol. The second-order valence-electron chi connectivity index (χ2n) is 7.75. The SMILES string of the molecule is CCNC(=NCC(CC)(CC)c1ccccc1)NCCN1CCN(CC)CC1. The molecule has 0 radical (unpaired) electrons. The lowest BCUT2D eigenvalue weighted by atomic mass is 9.76. The smallest absolute Gasteiger partial charge is 0.191 e. The molecule has 0 spiro atoms. The number of nitrogens with one attached hydrogen (secondary N) is 2. The minimum Gasteiger partial charge on any atom is -0.357 e. The Balaban J connectivity index is 1.91. The predicted octanol–water partition coefficient (Wildman–Crippen LogP) is 2.94. The van der Waals surface area contributed by atoms with E-state index in [0.717, 1.165) is 45.0 Å². The van der Waals surface area contributed by atoms with Crippen LogP contribution in [0.1, 0.15) is 46.1 Å². The van der Waals surface area contributed by atoms with Gasteiger partial charge in [-0.1, -0.05) is 51.1 Å². The number of piperazine rings is 1. The van der Waals surface area contributed by atoms with Gasteiger partial charge in [-0.2, -0.15) is 0 Å². The third-order valence-electron chi connectivity index (χ3n) is 6.26. The minimum atomic E-state index is 0.111. The zero-order chi connectivity index (χ0) is 20.2. The van der Waals surface area contributed by atoms with Gasteiger partial charge in [0.15, 0.2) is 5.96 Å². The molecule has 0 aromatic heterocycles. The molecule has 5 heteroatoms. The van der Waals surface area contributed by atoms with E-state index < -0.39 is 0 Å². The number of aliphatic imine (C=N–C) groups is 1. The molecule has 0 atom stereocenters. The Kier molecular flexibility index (Phi) is 9.79. The average Bonchev–Trinajstić information content (AvgIpc) is 2.76. The summed E-state index contributed by atoms with van der Waals surface area (Å²) < 4.78 is 0. The number of guanidine groups is 1. The monoisotopic (exact) mass is 387 g/mol. The Labute approximate surface area is 172 Å². The van der Waals surface area contributed by atoms with E-state index in [0.29, 0.717) is 0 Å². The highest BCUT2D eigenvalue weighted by molar-refractivity contribution is 5.79. The zero-order valence-corrected chi connectivity index (χ0v) is 18.5. The lowest BCUT2D eigenvalue weighted by Gasteiger charge is -2.34. The fraction of sp³-hybridized carbons (Fsp3) is 0.696. The van der Waals surface area contributed by atoms with Crippen molar-refractivity contribution in [1.29, 1.82) is 0 Å². The molecule has 0 aliphatic carbocycles. The van der Waals surface area contributed by atoms with Crippen molar-refractivity contribution in [3.05, 3.63) is 35.9 Å². The number of hydrogen-bond acceptors (Lipinski definition) is 3. The molecule has 28 heavy (non-hydrogen) atoms. The van der Waals surface area contributed by atoms with Gasteiger partial charge in [-0.15, -0.1) is 0 Å². The summed E-state index contributed by atoms with van der Waals surface area (Å²) in [5.41, 5.74) is 1.51. The number of hydrogen-bond donors (Lipinski definition) is 2. The molecule has 0 unspecified atom stereocenters. The molecule has 1 aromatic carbocycles. The molecule has 158 valence electrons. The van der Waals surface area contributed by atoms with E-state index in [1.54, 1.807) is 0 Å². The van der Waals surface area contributed by atoms with Gasteiger partial charge in [0.1, 0.15) is 0 Å². The first-order chi connectivity index (χ1) is 13.7. The van der Waals surface area contributed by atoms with Crippen LogP contribution in [0.3, 0.4) is 0 Å². The first-order valence-electron chi connectivity index (χ1n) is 11.2. The summed E-state index contributed by atoms with van der Waals surface area (Å²) in [4.78, 5) is 10.1. The molecule has 2 N–H and O–H groups in total. The van der Waals surface area contributed by atoms with Crippen LogP contribution in [0.25, 0.3) is 0 Å². The van der Waals surface area contributed by atoms with Crippen LogP contribution < -0.4 is 10.6 Å². The average molecular weight is 388 g/mol. The quantitative estimate of drug-likeness (QED) is 0.478. The fourth-order valence-corrected chi connectivity index (χ4v) is 4.00. The van der Waals surface area contributed by atoms with E-state index in [1.807, 2.05) is 0 Å². The van der Waals surface area contributed by atoms with Crippen molar-refractivity contribution >= 4 is 5.96 Å². The Morgan fingerprint density at radius 2 is 1.57 bits per heavy atom. The topological polar surface area (TPSA) is 42.9 Å². The first-order valence-corrected chi connectivity index (χ1v) is 11.2.